The lowest BCUT2D eigenvalue weighted by Crippen LogP contribution is -2.55. The van der Waals surface area contributed by atoms with E-state index in [1.54, 1.807) is 16.7 Å². The fourth-order valence-electron chi connectivity index (χ4n) is 5.44. The summed E-state index contributed by atoms with van der Waals surface area (Å²) < 4.78 is 4.55. The molecule has 4 rings (SSSR count). The summed E-state index contributed by atoms with van der Waals surface area (Å²) in [6.45, 7) is 5.11. The second-order valence-corrected chi connectivity index (χ2v) is 10.0. The Morgan fingerprint density at radius 3 is 2.83 bits per heavy atom. The lowest BCUT2D eigenvalue weighted by atomic mass is 9.78. The molecule has 7 nitrogen and oxygen atoms in total. The zero-order valence-electron chi connectivity index (χ0n) is 17.5. The van der Waals surface area contributed by atoms with Crippen LogP contribution in [0, 0.1) is 11.8 Å². The number of aliphatic hydroxyl groups excluding tert-OH is 1. The first-order valence-corrected chi connectivity index (χ1v) is 11.7. The number of thioether (sulfide) groups is 1. The zero-order valence-corrected chi connectivity index (χ0v) is 18.3. The maximum absolute atomic E-state index is 13.8. The highest BCUT2D eigenvalue weighted by atomic mass is 32.2. The number of esters is 1. The third kappa shape index (κ3) is 3.19. The van der Waals surface area contributed by atoms with Gasteiger partial charge in [-0.15, -0.1) is 11.8 Å². The molecule has 2 fully saturated rings. The Morgan fingerprint density at radius 1 is 1.30 bits per heavy atom. The number of hydrogen-bond donors (Lipinski definition) is 1. The molecule has 4 heterocycles. The molecule has 0 aromatic carbocycles. The van der Waals surface area contributed by atoms with Gasteiger partial charge in [0, 0.05) is 31.0 Å². The number of amides is 2. The highest BCUT2D eigenvalue weighted by Gasteiger charge is 2.71. The van der Waals surface area contributed by atoms with E-state index in [2.05, 4.69) is 6.92 Å². The highest BCUT2D eigenvalue weighted by Crippen LogP contribution is 2.60. The Bertz CT molecular complexity index is 783. The van der Waals surface area contributed by atoms with E-state index < -0.39 is 22.6 Å². The Hall–Kier alpha value is -1.80. The molecule has 164 valence electrons. The van der Waals surface area contributed by atoms with Crippen LogP contribution in [0.15, 0.2) is 24.3 Å². The quantitative estimate of drug-likeness (QED) is 0.502. The molecule has 0 aliphatic carbocycles. The molecule has 2 saturated heterocycles. The minimum absolute atomic E-state index is 0.0574. The summed E-state index contributed by atoms with van der Waals surface area (Å²) in [5, 5.41) is 9.19. The first kappa shape index (κ1) is 21.4. The van der Waals surface area contributed by atoms with Gasteiger partial charge in [-0.3, -0.25) is 14.4 Å². The molecule has 1 spiro atoms. The predicted octanol–water partition coefficient (Wildman–Crippen LogP) is 1.37. The number of cyclic esters (lactones) is 1. The molecule has 6 atom stereocenters. The molecule has 2 amide bonds. The minimum Gasteiger partial charge on any atom is -0.461 e. The normalized spacial score (nSPS) is 36.2. The molecular formula is C22H30N2O5S. The molecular weight excluding hydrogens is 404 g/mol. The van der Waals surface area contributed by atoms with Crippen LogP contribution in [-0.2, 0) is 19.1 Å². The SMILES string of the molecule is CCCC(C)N1CC=C[C@]23S[C@@H]4C=CCOC(=O)[C@@H]4[C@H]2C(=O)N(CCCO)C3C1=O. The van der Waals surface area contributed by atoms with Crippen molar-refractivity contribution in [3.05, 3.63) is 24.3 Å². The molecule has 0 radical (unpaired) electrons. The van der Waals surface area contributed by atoms with Gasteiger partial charge < -0.3 is 19.6 Å². The van der Waals surface area contributed by atoms with Crippen molar-refractivity contribution in [1.82, 2.24) is 9.80 Å². The number of carbonyl (C=O) groups excluding carboxylic acids is 3. The van der Waals surface area contributed by atoms with Crippen LogP contribution in [0.5, 0.6) is 0 Å². The topological polar surface area (TPSA) is 87.2 Å². The smallest absolute Gasteiger partial charge is 0.311 e. The van der Waals surface area contributed by atoms with Crippen LogP contribution in [0.1, 0.15) is 33.1 Å². The Kier molecular flexibility index (Phi) is 5.99. The summed E-state index contributed by atoms with van der Waals surface area (Å²) in [6.07, 6.45) is 10.0. The van der Waals surface area contributed by atoms with Crippen molar-refractivity contribution in [2.45, 2.75) is 55.2 Å². The molecule has 0 saturated carbocycles. The fourth-order valence-corrected chi connectivity index (χ4v) is 7.44. The number of hydrogen-bond acceptors (Lipinski definition) is 6. The average molecular weight is 435 g/mol. The lowest BCUT2D eigenvalue weighted by molar-refractivity contribution is -0.151. The van der Waals surface area contributed by atoms with Gasteiger partial charge in [0.2, 0.25) is 11.8 Å². The fraction of sp³-hybridized carbons (Fsp3) is 0.682. The number of aliphatic hydroxyl groups is 1. The van der Waals surface area contributed by atoms with Crippen LogP contribution in [0.3, 0.4) is 0 Å². The monoisotopic (exact) mass is 434 g/mol. The summed E-state index contributed by atoms with van der Waals surface area (Å²) in [5.74, 6) is -1.83. The van der Waals surface area contributed by atoms with E-state index >= 15 is 0 Å². The standard InChI is InChI=1S/C22H30N2O5S/c1-3-7-14(2)23-10-5-9-22-17(16-15(30-22)8-4-13-29-21(16)28)19(26)24(11-6-12-25)18(22)20(23)27/h4-5,8-9,14-18,25H,3,6-7,10-13H2,1-2H3/t14?,15-,16+,17+,18?,22+/m1/s1. The van der Waals surface area contributed by atoms with Crippen LogP contribution in [0.2, 0.25) is 0 Å². The van der Waals surface area contributed by atoms with Gasteiger partial charge in [0.1, 0.15) is 12.6 Å². The van der Waals surface area contributed by atoms with Crippen LogP contribution in [0.25, 0.3) is 0 Å². The van der Waals surface area contributed by atoms with Crippen molar-refractivity contribution in [1.29, 1.82) is 0 Å². The van der Waals surface area contributed by atoms with Crippen LogP contribution in [0.4, 0.5) is 0 Å². The lowest BCUT2D eigenvalue weighted by Gasteiger charge is -2.37. The van der Waals surface area contributed by atoms with Gasteiger partial charge in [-0.2, -0.15) is 0 Å². The molecule has 1 N–H and O–H groups in total. The van der Waals surface area contributed by atoms with Crippen molar-refractivity contribution in [3.8, 4) is 0 Å². The second kappa shape index (κ2) is 8.38. The number of likely N-dealkylation sites (tertiary alicyclic amines) is 1. The van der Waals surface area contributed by atoms with Crippen molar-refractivity contribution in [3.63, 3.8) is 0 Å². The average Bonchev–Trinajstić information content (AvgIpc) is 3.01. The number of fused-ring (bicyclic) bond motifs is 2. The minimum atomic E-state index is -0.791. The third-order valence-electron chi connectivity index (χ3n) is 6.74. The molecule has 4 aliphatic heterocycles. The molecule has 4 aliphatic rings. The number of carbonyl (C=O) groups is 3. The second-order valence-electron chi connectivity index (χ2n) is 8.54. The maximum atomic E-state index is 13.8. The van der Waals surface area contributed by atoms with Crippen molar-refractivity contribution >= 4 is 29.5 Å². The third-order valence-corrected chi connectivity index (χ3v) is 8.48. The van der Waals surface area contributed by atoms with Gasteiger partial charge in [-0.1, -0.05) is 37.6 Å². The van der Waals surface area contributed by atoms with E-state index in [-0.39, 0.29) is 42.3 Å². The van der Waals surface area contributed by atoms with Crippen molar-refractivity contribution < 1.29 is 24.2 Å². The number of nitrogens with zero attached hydrogens (tertiary/aromatic N) is 2. The Labute approximate surface area is 181 Å². The van der Waals surface area contributed by atoms with E-state index in [9.17, 15) is 19.5 Å². The van der Waals surface area contributed by atoms with Crippen LogP contribution >= 0.6 is 11.8 Å². The Morgan fingerprint density at radius 2 is 2.10 bits per heavy atom. The summed E-state index contributed by atoms with van der Waals surface area (Å²) in [7, 11) is 0. The van der Waals surface area contributed by atoms with Gasteiger partial charge >= 0.3 is 5.97 Å². The zero-order chi connectivity index (χ0) is 21.5. The van der Waals surface area contributed by atoms with Crippen LogP contribution in [-0.4, -0.2) is 81.1 Å². The molecule has 0 aromatic heterocycles. The number of ether oxygens (including phenoxy) is 1. The predicted molar refractivity (Wildman–Crippen MR) is 114 cm³/mol. The van der Waals surface area contributed by atoms with Gasteiger partial charge in [0.05, 0.1) is 16.6 Å². The van der Waals surface area contributed by atoms with Gasteiger partial charge in [0.15, 0.2) is 0 Å². The highest BCUT2D eigenvalue weighted by molar-refractivity contribution is 8.02. The van der Waals surface area contributed by atoms with Crippen molar-refractivity contribution in [2.75, 3.05) is 26.3 Å². The number of rotatable bonds is 6. The summed E-state index contributed by atoms with van der Waals surface area (Å²) in [6, 6.07) is -0.601. The summed E-state index contributed by atoms with van der Waals surface area (Å²) in [4.78, 5) is 43.7. The van der Waals surface area contributed by atoms with E-state index in [0.29, 0.717) is 19.5 Å². The van der Waals surface area contributed by atoms with E-state index in [4.69, 9.17) is 4.74 Å². The first-order chi connectivity index (χ1) is 14.5. The molecule has 0 bridgehead atoms. The molecule has 0 aromatic rings. The van der Waals surface area contributed by atoms with Crippen molar-refractivity contribution in [2.24, 2.45) is 11.8 Å². The van der Waals surface area contributed by atoms with Gasteiger partial charge in [0.25, 0.3) is 0 Å². The largest absolute Gasteiger partial charge is 0.461 e. The van der Waals surface area contributed by atoms with E-state index in [0.717, 1.165) is 12.8 Å². The molecule has 30 heavy (non-hydrogen) atoms. The Balaban J connectivity index is 1.78. The van der Waals surface area contributed by atoms with Crippen LogP contribution < -0.4 is 0 Å². The maximum Gasteiger partial charge on any atom is 0.311 e. The van der Waals surface area contributed by atoms with Gasteiger partial charge in [-0.05, 0) is 19.8 Å². The van der Waals surface area contributed by atoms with Gasteiger partial charge in [-0.25, -0.2) is 0 Å². The van der Waals surface area contributed by atoms with E-state index in [1.807, 2.05) is 36.1 Å². The molecule has 2 unspecified atom stereocenters. The molecule has 8 heteroatoms. The first-order valence-electron chi connectivity index (χ1n) is 10.9. The summed E-state index contributed by atoms with van der Waals surface area (Å²) in [5.41, 5.74) is 0. The summed E-state index contributed by atoms with van der Waals surface area (Å²) >= 11 is 1.55. The van der Waals surface area contributed by atoms with E-state index in [1.165, 1.54) is 0 Å².